The van der Waals surface area contributed by atoms with Crippen LogP contribution in [-0.4, -0.2) is 18.4 Å². The van der Waals surface area contributed by atoms with E-state index in [1.54, 1.807) is 6.92 Å². The van der Waals surface area contributed by atoms with Gasteiger partial charge < -0.3 is 4.74 Å². The van der Waals surface area contributed by atoms with Crippen LogP contribution in [0.3, 0.4) is 0 Å². The van der Waals surface area contributed by atoms with Gasteiger partial charge in [-0.2, -0.15) is 0 Å². The van der Waals surface area contributed by atoms with E-state index < -0.39 is 11.4 Å². The van der Waals surface area contributed by atoms with Crippen LogP contribution in [0.1, 0.15) is 40.5 Å². The second kappa shape index (κ2) is 6.38. The first-order valence-electron chi connectivity index (χ1n) is 5.33. The van der Waals surface area contributed by atoms with Crippen LogP contribution in [0.2, 0.25) is 0 Å². The van der Waals surface area contributed by atoms with Gasteiger partial charge >= 0.3 is 5.97 Å². The predicted molar refractivity (Wildman–Crippen MR) is 59.5 cm³/mol. The van der Waals surface area contributed by atoms with Crippen molar-refractivity contribution in [2.75, 3.05) is 6.61 Å². The van der Waals surface area contributed by atoms with Gasteiger partial charge in [0.2, 0.25) is 0 Å². The zero-order valence-electron chi connectivity index (χ0n) is 10.0. The summed E-state index contributed by atoms with van der Waals surface area (Å²) in [6.07, 6.45) is 4.28. The molecule has 0 fully saturated rings. The smallest absolute Gasteiger partial charge is 0.330 e. The Labute approximate surface area is 91.5 Å². The van der Waals surface area contributed by atoms with E-state index in [0.717, 1.165) is 12.8 Å². The number of ether oxygens (including phenoxy) is 1. The number of ketones is 1. The molecule has 0 radical (unpaired) electrons. The van der Waals surface area contributed by atoms with Crippen molar-refractivity contribution in [1.29, 1.82) is 0 Å². The normalized spacial score (nSPS) is 11.7. The summed E-state index contributed by atoms with van der Waals surface area (Å²) in [5, 5.41) is 0. The Hall–Kier alpha value is -1.12. The maximum Gasteiger partial charge on any atom is 0.330 e. The number of esters is 1. The van der Waals surface area contributed by atoms with Gasteiger partial charge in [0.1, 0.15) is 0 Å². The highest BCUT2D eigenvalue weighted by Crippen LogP contribution is 2.23. The molecule has 0 N–H and O–H groups in total. The standard InChI is InChI=1S/C12H20O3/c1-5-9-12(3,4)10(13)7-8-11(14)15-6-2/h7-8H,5-6,9H2,1-4H3/b8-7+. The molecule has 0 aliphatic rings. The van der Waals surface area contributed by atoms with Crippen molar-refractivity contribution in [3.8, 4) is 0 Å². The molecule has 0 atom stereocenters. The Balaban J connectivity index is 4.29. The zero-order valence-corrected chi connectivity index (χ0v) is 10.0. The van der Waals surface area contributed by atoms with Crippen molar-refractivity contribution in [2.45, 2.75) is 40.5 Å². The minimum atomic E-state index is -0.460. The molecule has 0 aliphatic heterocycles. The second-order valence-electron chi connectivity index (χ2n) is 4.08. The predicted octanol–water partition coefficient (Wildman–Crippen LogP) is 2.50. The fraction of sp³-hybridized carbons (Fsp3) is 0.667. The molecule has 0 rings (SSSR count). The van der Waals surface area contributed by atoms with Crippen LogP contribution >= 0.6 is 0 Å². The molecular weight excluding hydrogens is 192 g/mol. The number of rotatable bonds is 6. The van der Waals surface area contributed by atoms with E-state index in [4.69, 9.17) is 0 Å². The van der Waals surface area contributed by atoms with Gasteiger partial charge in [-0.1, -0.05) is 27.2 Å². The van der Waals surface area contributed by atoms with Crippen molar-refractivity contribution in [1.82, 2.24) is 0 Å². The van der Waals surface area contributed by atoms with E-state index in [-0.39, 0.29) is 5.78 Å². The van der Waals surface area contributed by atoms with E-state index >= 15 is 0 Å². The quantitative estimate of drug-likeness (QED) is 0.502. The minimum Gasteiger partial charge on any atom is -0.463 e. The number of allylic oxidation sites excluding steroid dienone is 1. The molecule has 0 aromatic rings. The third-order valence-electron chi connectivity index (χ3n) is 2.20. The molecule has 0 saturated carbocycles. The number of carbonyl (C=O) groups excluding carboxylic acids is 2. The molecule has 15 heavy (non-hydrogen) atoms. The highest BCUT2D eigenvalue weighted by molar-refractivity contribution is 5.98. The van der Waals surface area contributed by atoms with E-state index in [0.29, 0.717) is 6.61 Å². The lowest BCUT2D eigenvalue weighted by Gasteiger charge is -2.19. The lowest BCUT2D eigenvalue weighted by Crippen LogP contribution is -2.22. The largest absolute Gasteiger partial charge is 0.463 e. The van der Waals surface area contributed by atoms with Gasteiger partial charge in [-0.25, -0.2) is 4.79 Å². The molecule has 0 saturated heterocycles. The van der Waals surface area contributed by atoms with E-state index in [9.17, 15) is 9.59 Å². The van der Waals surface area contributed by atoms with Crippen LogP contribution in [0.4, 0.5) is 0 Å². The SMILES string of the molecule is CCCC(C)(C)C(=O)/C=C/C(=O)OCC. The second-order valence-corrected chi connectivity index (χ2v) is 4.08. The molecule has 0 aliphatic carbocycles. The third kappa shape index (κ3) is 5.35. The van der Waals surface area contributed by atoms with Crippen LogP contribution in [0, 0.1) is 5.41 Å². The van der Waals surface area contributed by atoms with Gasteiger partial charge in [-0.3, -0.25) is 4.79 Å². The summed E-state index contributed by atoms with van der Waals surface area (Å²) in [7, 11) is 0. The lowest BCUT2D eigenvalue weighted by molar-refractivity contribution is -0.137. The molecule has 3 heteroatoms. The molecule has 0 bridgehead atoms. The summed E-state index contributed by atoms with van der Waals surface area (Å²) >= 11 is 0. The van der Waals surface area contributed by atoms with E-state index in [2.05, 4.69) is 4.74 Å². The van der Waals surface area contributed by atoms with Crippen LogP contribution < -0.4 is 0 Å². The highest BCUT2D eigenvalue weighted by Gasteiger charge is 2.23. The van der Waals surface area contributed by atoms with Gasteiger partial charge in [0.25, 0.3) is 0 Å². The van der Waals surface area contributed by atoms with Gasteiger partial charge in [0.15, 0.2) is 5.78 Å². The van der Waals surface area contributed by atoms with Crippen molar-refractivity contribution < 1.29 is 14.3 Å². The molecule has 0 amide bonds. The van der Waals surface area contributed by atoms with Gasteiger partial charge in [0, 0.05) is 11.5 Å². The summed E-state index contributed by atoms with van der Waals surface area (Å²) in [6, 6.07) is 0. The highest BCUT2D eigenvalue weighted by atomic mass is 16.5. The topological polar surface area (TPSA) is 43.4 Å². The van der Waals surface area contributed by atoms with Gasteiger partial charge in [-0.05, 0) is 19.4 Å². The van der Waals surface area contributed by atoms with Crippen LogP contribution in [0.25, 0.3) is 0 Å². The molecular formula is C12H20O3. The molecule has 0 heterocycles. The molecule has 0 unspecified atom stereocenters. The first kappa shape index (κ1) is 13.9. The summed E-state index contributed by atoms with van der Waals surface area (Å²) in [5.74, 6) is -0.490. The number of hydrogen-bond donors (Lipinski definition) is 0. The first-order chi connectivity index (χ1) is 6.94. The van der Waals surface area contributed by atoms with Gasteiger partial charge in [0.05, 0.1) is 6.61 Å². The maximum absolute atomic E-state index is 11.7. The molecule has 3 nitrogen and oxygen atoms in total. The first-order valence-corrected chi connectivity index (χ1v) is 5.33. The molecule has 0 aromatic carbocycles. The van der Waals surface area contributed by atoms with Crippen molar-refractivity contribution in [2.24, 2.45) is 5.41 Å². The lowest BCUT2D eigenvalue weighted by atomic mass is 9.83. The minimum absolute atomic E-state index is 0.0302. The number of hydrogen-bond acceptors (Lipinski definition) is 3. The summed E-state index contributed by atoms with van der Waals surface area (Å²) in [4.78, 5) is 22.6. The summed E-state index contributed by atoms with van der Waals surface area (Å²) in [6.45, 7) is 7.86. The van der Waals surface area contributed by atoms with E-state index in [1.807, 2.05) is 20.8 Å². The van der Waals surface area contributed by atoms with Gasteiger partial charge in [-0.15, -0.1) is 0 Å². The average molecular weight is 212 g/mol. The fourth-order valence-corrected chi connectivity index (χ4v) is 1.31. The van der Waals surface area contributed by atoms with E-state index in [1.165, 1.54) is 12.2 Å². The van der Waals surface area contributed by atoms with Crippen LogP contribution in [-0.2, 0) is 14.3 Å². The van der Waals surface area contributed by atoms with Crippen molar-refractivity contribution in [3.63, 3.8) is 0 Å². The zero-order chi connectivity index (χ0) is 11.9. The third-order valence-corrected chi connectivity index (χ3v) is 2.20. The Kier molecular flexibility index (Phi) is 5.90. The Bertz CT molecular complexity index is 252. The Morgan fingerprint density at radius 2 is 1.80 bits per heavy atom. The van der Waals surface area contributed by atoms with Crippen molar-refractivity contribution >= 4 is 11.8 Å². The summed E-state index contributed by atoms with van der Waals surface area (Å²) < 4.78 is 4.69. The van der Waals surface area contributed by atoms with Crippen LogP contribution in [0.5, 0.6) is 0 Å². The molecule has 0 aromatic heterocycles. The average Bonchev–Trinajstić information content (AvgIpc) is 2.14. The fourth-order valence-electron chi connectivity index (χ4n) is 1.31. The Morgan fingerprint density at radius 1 is 1.20 bits per heavy atom. The summed E-state index contributed by atoms with van der Waals surface area (Å²) in [5.41, 5.74) is -0.391. The monoisotopic (exact) mass is 212 g/mol. The maximum atomic E-state index is 11.7. The molecule has 86 valence electrons. The number of carbonyl (C=O) groups is 2. The molecule has 0 spiro atoms. The van der Waals surface area contributed by atoms with Crippen LogP contribution in [0.15, 0.2) is 12.2 Å². The van der Waals surface area contributed by atoms with Crippen molar-refractivity contribution in [3.05, 3.63) is 12.2 Å². The Morgan fingerprint density at radius 3 is 2.27 bits per heavy atom.